The summed E-state index contributed by atoms with van der Waals surface area (Å²) >= 11 is 1.56. The zero-order chi connectivity index (χ0) is 22.8. The van der Waals surface area contributed by atoms with Gasteiger partial charge in [-0.15, -0.1) is 11.3 Å². The molecule has 32 heavy (non-hydrogen) atoms. The summed E-state index contributed by atoms with van der Waals surface area (Å²) < 4.78 is 0. The molecule has 1 aliphatic rings. The molecule has 5 nitrogen and oxygen atoms in total. The lowest BCUT2D eigenvalue weighted by atomic mass is 10.0. The van der Waals surface area contributed by atoms with Gasteiger partial charge in [0.15, 0.2) is 0 Å². The van der Waals surface area contributed by atoms with E-state index in [9.17, 15) is 9.59 Å². The second kappa shape index (κ2) is 9.09. The van der Waals surface area contributed by atoms with Gasteiger partial charge in [-0.2, -0.15) is 0 Å². The Labute approximate surface area is 192 Å². The number of hydrogen-bond donors (Lipinski definition) is 1. The largest absolute Gasteiger partial charge is 0.325 e. The highest BCUT2D eigenvalue weighted by Crippen LogP contribution is 2.36. The number of anilines is 2. The SMILES string of the molecule is Cc1cc2c(cc1C)N(CC(=O)Nc1cccc(C(C)C)c1)C(=O)CC(c1cccs1)=N2. The molecular weight excluding hydrogens is 418 g/mol. The summed E-state index contributed by atoms with van der Waals surface area (Å²) in [6.45, 7) is 8.20. The maximum absolute atomic E-state index is 13.3. The maximum atomic E-state index is 13.3. The molecule has 4 rings (SSSR count). The van der Waals surface area contributed by atoms with E-state index < -0.39 is 0 Å². The molecule has 6 heteroatoms. The van der Waals surface area contributed by atoms with Gasteiger partial charge in [0.2, 0.25) is 11.8 Å². The molecule has 0 unspecified atom stereocenters. The fourth-order valence-electron chi connectivity index (χ4n) is 3.73. The van der Waals surface area contributed by atoms with Crippen molar-refractivity contribution >= 4 is 45.9 Å². The molecule has 0 fully saturated rings. The Morgan fingerprint density at radius 2 is 1.91 bits per heavy atom. The normalized spacial score (nSPS) is 13.6. The highest BCUT2D eigenvalue weighted by Gasteiger charge is 2.27. The lowest BCUT2D eigenvalue weighted by molar-refractivity contribution is -0.120. The van der Waals surface area contributed by atoms with Gasteiger partial charge in [-0.25, -0.2) is 4.99 Å². The number of benzene rings is 2. The Morgan fingerprint density at radius 1 is 1.12 bits per heavy atom. The smallest absolute Gasteiger partial charge is 0.244 e. The van der Waals surface area contributed by atoms with Gasteiger partial charge in [-0.3, -0.25) is 9.59 Å². The minimum atomic E-state index is -0.233. The molecule has 2 amide bonds. The van der Waals surface area contributed by atoms with Crippen molar-refractivity contribution in [2.75, 3.05) is 16.8 Å². The minimum Gasteiger partial charge on any atom is -0.325 e. The number of carbonyl (C=O) groups excluding carboxylic acids is 2. The van der Waals surface area contributed by atoms with Gasteiger partial charge in [0.25, 0.3) is 0 Å². The first-order chi connectivity index (χ1) is 15.3. The van der Waals surface area contributed by atoms with E-state index in [1.165, 1.54) is 0 Å². The molecule has 3 aromatic rings. The van der Waals surface area contributed by atoms with Crippen molar-refractivity contribution in [2.24, 2.45) is 4.99 Å². The summed E-state index contributed by atoms with van der Waals surface area (Å²) in [4.78, 5) is 33.6. The fraction of sp³-hybridized carbons (Fsp3) is 0.269. The van der Waals surface area contributed by atoms with Crippen molar-refractivity contribution in [1.82, 2.24) is 0 Å². The van der Waals surface area contributed by atoms with Crippen LogP contribution in [0.25, 0.3) is 0 Å². The lowest BCUT2D eigenvalue weighted by Gasteiger charge is -2.23. The van der Waals surface area contributed by atoms with E-state index >= 15 is 0 Å². The van der Waals surface area contributed by atoms with Crippen molar-refractivity contribution in [2.45, 2.75) is 40.0 Å². The van der Waals surface area contributed by atoms with E-state index in [0.29, 0.717) is 11.6 Å². The first-order valence-corrected chi connectivity index (χ1v) is 11.6. The lowest BCUT2D eigenvalue weighted by Crippen LogP contribution is -2.38. The van der Waals surface area contributed by atoms with E-state index in [4.69, 9.17) is 4.99 Å². The molecule has 1 aromatic heterocycles. The zero-order valence-corrected chi connectivity index (χ0v) is 19.6. The second-order valence-electron chi connectivity index (χ2n) is 8.45. The molecule has 2 aromatic carbocycles. The molecule has 0 bridgehead atoms. The number of thiophene rings is 1. The average Bonchev–Trinajstić information content (AvgIpc) is 3.25. The predicted octanol–water partition coefficient (Wildman–Crippen LogP) is 5.98. The molecule has 0 saturated carbocycles. The van der Waals surface area contributed by atoms with Crippen LogP contribution >= 0.6 is 11.3 Å². The van der Waals surface area contributed by atoms with Crippen LogP contribution in [0.2, 0.25) is 0 Å². The van der Waals surface area contributed by atoms with Crippen LogP contribution in [0.4, 0.5) is 17.1 Å². The number of fused-ring (bicyclic) bond motifs is 1. The quantitative estimate of drug-likeness (QED) is 0.525. The van der Waals surface area contributed by atoms with Crippen molar-refractivity contribution in [3.05, 3.63) is 75.5 Å². The Morgan fingerprint density at radius 3 is 2.62 bits per heavy atom. The Kier molecular flexibility index (Phi) is 6.24. The molecule has 0 saturated heterocycles. The van der Waals surface area contributed by atoms with E-state index in [0.717, 1.165) is 38.7 Å². The maximum Gasteiger partial charge on any atom is 0.244 e. The fourth-order valence-corrected chi connectivity index (χ4v) is 4.44. The summed E-state index contributed by atoms with van der Waals surface area (Å²) in [5.41, 5.74) is 6.18. The van der Waals surface area contributed by atoms with Crippen LogP contribution < -0.4 is 10.2 Å². The van der Waals surface area contributed by atoms with Crippen LogP contribution in [0.3, 0.4) is 0 Å². The van der Waals surface area contributed by atoms with Crippen molar-refractivity contribution < 1.29 is 9.59 Å². The summed E-state index contributed by atoms with van der Waals surface area (Å²) in [5.74, 6) is -0.00167. The van der Waals surface area contributed by atoms with E-state index in [1.807, 2.05) is 67.8 Å². The van der Waals surface area contributed by atoms with Crippen LogP contribution in [0.15, 0.2) is 58.9 Å². The van der Waals surface area contributed by atoms with E-state index in [1.54, 1.807) is 16.2 Å². The molecule has 0 atom stereocenters. The first-order valence-electron chi connectivity index (χ1n) is 10.7. The number of nitrogens with zero attached hydrogens (tertiary/aromatic N) is 2. The Bertz CT molecular complexity index is 1200. The molecule has 0 radical (unpaired) electrons. The number of carbonyl (C=O) groups is 2. The van der Waals surface area contributed by atoms with Gasteiger partial charge in [0.1, 0.15) is 6.54 Å². The standard InChI is InChI=1S/C26H27N3O2S/c1-16(2)19-7-5-8-20(13-19)27-25(30)15-29-23-12-18(4)17(3)11-21(23)28-22(14-26(29)31)24-9-6-10-32-24/h5-13,16H,14-15H2,1-4H3,(H,27,30). The van der Waals surface area contributed by atoms with Gasteiger partial charge < -0.3 is 10.2 Å². The highest BCUT2D eigenvalue weighted by atomic mass is 32.1. The van der Waals surface area contributed by atoms with Gasteiger partial charge in [0.05, 0.1) is 23.5 Å². The van der Waals surface area contributed by atoms with Crippen LogP contribution in [-0.2, 0) is 9.59 Å². The molecule has 2 heterocycles. The summed E-state index contributed by atoms with van der Waals surface area (Å²) in [7, 11) is 0. The van der Waals surface area contributed by atoms with Crippen LogP contribution in [0.5, 0.6) is 0 Å². The topological polar surface area (TPSA) is 61.8 Å². The minimum absolute atomic E-state index is 0.0620. The van der Waals surface area contributed by atoms with E-state index in [-0.39, 0.29) is 24.8 Å². The predicted molar refractivity (Wildman–Crippen MR) is 133 cm³/mol. The third-order valence-corrected chi connectivity index (χ3v) is 6.62. The molecular formula is C26H27N3O2S. The Hall–Kier alpha value is -3.25. The number of aliphatic imine (C=N–C) groups is 1. The molecule has 1 N–H and O–H groups in total. The number of aryl methyl sites for hydroxylation is 2. The van der Waals surface area contributed by atoms with Crippen LogP contribution in [0, 0.1) is 13.8 Å². The highest BCUT2D eigenvalue weighted by molar-refractivity contribution is 7.12. The summed E-state index contributed by atoms with van der Waals surface area (Å²) in [6.07, 6.45) is 0.156. The molecule has 0 aliphatic carbocycles. The third kappa shape index (κ3) is 4.65. The third-order valence-electron chi connectivity index (χ3n) is 5.70. The van der Waals surface area contributed by atoms with Gasteiger partial charge in [-0.05, 0) is 72.2 Å². The monoisotopic (exact) mass is 445 g/mol. The van der Waals surface area contributed by atoms with Crippen LogP contribution in [0.1, 0.15) is 47.8 Å². The number of rotatable bonds is 5. The van der Waals surface area contributed by atoms with Crippen molar-refractivity contribution in [1.29, 1.82) is 0 Å². The molecule has 164 valence electrons. The van der Waals surface area contributed by atoms with Gasteiger partial charge >= 0.3 is 0 Å². The second-order valence-corrected chi connectivity index (χ2v) is 9.39. The zero-order valence-electron chi connectivity index (χ0n) is 18.8. The number of amides is 2. The Balaban J connectivity index is 1.63. The number of nitrogens with one attached hydrogen (secondary N) is 1. The summed E-state index contributed by atoms with van der Waals surface area (Å²) in [6, 6.07) is 15.7. The van der Waals surface area contributed by atoms with E-state index in [2.05, 4.69) is 19.2 Å². The first kappa shape index (κ1) is 22.0. The molecule has 1 aliphatic heterocycles. The average molecular weight is 446 g/mol. The van der Waals surface area contributed by atoms with Crippen molar-refractivity contribution in [3.8, 4) is 0 Å². The van der Waals surface area contributed by atoms with Crippen LogP contribution in [-0.4, -0.2) is 24.1 Å². The number of hydrogen-bond acceptors (Lipinski definition) is 4. The van der Waals surface area contributed by atoms with Gasteiger partial charge in [0, 0.05) is 10.6 Å². The van der Waals surface area contributed by atoms with Crippen molar-refractivity contribution in [3.63, 3.8) is 0 Å². The summed E-state index contributed by atoms with van der Waals surface area (Å²) in [5, 5.41) is 4.93. The van der Waals surface area contributed by atoms with Gasteiger partial charge in [-0.1, -0.05) is 32.0 Å². The molecule has 0 spiro atoms.